The fourth-order valence-corrected chi connectivity index (χ4v) is 2.90. The number of rotatable bonds is 5. The van der Waals surface area contributed by atoms with E-state index < -0.39 is 22.8 Å². The monoisotopic (exact) mass is 357 g/mol. The van der Waals surface area contributed by atoms with Crippen molar-refractivity contribution < 1.29 is 17.9 Å². The zero-order valence-corrected chi connectivity index (χ0v) is 13.3. The molecule has 0 bridgehead atoms. The number of primary amides is 1. The second-order valence-corrected chi connectivity index (χ2v) is 6.16. The third kappa shape index (κ3) is 4.25. The Morgan fingerprint density at radius 1 is 1.39 bits per heavy atom. The Kier molecular flexibility index (Phi) is 5.30. The van der Waals surface area contributed by atoms with Crippen LogP contribution in [0.25, 0.3) is 0 Å². The first-order valence-electron chi connectivity index (χ1n) is 6.37. The number of benzene rings is 1. The van der Waals surface area contributed by atoms with Crippen LogP contribution in [0.1, 0.15) is 21.5 Å². The maximum absolute atomic E-state index is 13.5. The Balaban J connectivity index is 2.51. The first kappa shape index (κ1) is 17.3. The zero-order chi connectivity index (χ0) is 17.1. The van der Waals surface area contributed by atoms with Gasteiger partial charge in [-0.25, -0.2) is 8.60 Å². The van der Waals surface area contributed by atoms with Gasteiger partial charge in [-0.2, -0.15) is 0 Å². The van der Waals surface area contributed by atoms with Gasteiger partial charge in [0.15, 0.2) is 11.1 Å². The normalized spacial score (nSPS) is 12.1. The minimum Gasteiger partial charge on any atom is -0.365 e. The lowest BCUT2D eigenvalue weighted by Crippen LogP contribution is -2.30. The summed E-state index contributed by atoms with van der Waals surface area (Å²) in [5.74, 6) is -1.49. The lowest BCUT2D eigenvalue weighted by atomic mass is 10.1. The number of hydrogen-bond acceptors (Lipinski definition) is 3. The van der Waals surface area contributed by atoms with Gasteiger partial charge < -0.3 is 14.9 Å². The average molecular weight is 358 g/mol. The van der Waals surface area contributed by atoms with Crippen LogP contribution in [0.5, 0.6) is 0 Å². The van der Waals surface area contributed by atoms with E-state index in [1.54, 1.807) is 0 Å². The van der Waals surface area contributed by atoms with E-state index in [9.17, 15) is 13.4 Å². The molecule has 1 aromatic carbocycles. The summed E-state index contributed by atoms with van der Waals surface area (Å²) in [5, 5.41) is 8.18. The maximum atomic E-state index is 13.5. The minimum absolute atomic E-state index is 0.00394. The molecule has 1 atom stereocenters. The summed E-state index contributed by atoms with van der Waals surface area (Å²) in [7, 11) is 0. The number of carbonyl (C=O) groups excluding carboxylic acids is 1. The highest BCUT2D eigenvalue weighted by molar-refractivity contribution is 7.78. The Morgan fingerprint density at radius 2 is 2.09 bits per heavy atom. The molecule has 1 unspecified atom stereocenters. The molecule has 0 fully saturated rings. The summed E-state index contributed by atoms with van der Waals surface area (Å²) in [4.78, 5) is 11.3. The van der Waals surface area contributed by atoms with Crippen molar-refractivity contribution in [2.75, 3.05) is 0 Å². The molecule has 0 saturated carbocycles. The molecule has 4 N–H and O–H groups in total. The molecule has 0 aliphatic carbocycles. The van der Waals surface area contributed by atoms with Crippen molar-refractivity contribution in [2.45, 2.75) is 12.3 Å². The SMILES string of the molecule is N=c1c(C(N)=O)cc(Cl)cn1Cc1cc(F)ccc1CS(=O)O. The van der Waals surface area contributed by atoms with Crippen LogP contribution >= 0.6 is 11.6 Å². The number of halogens is 2. The molecule has 9 heteroatoms. The van der Waals surface area contributed by atoms with Gasteiger partial charge in [0.25, 0.3) is 5.91 Å². The molecule has 2 rings (SSSR count). The third-order valence-corrected chi connectivity index (χ3v) is 3.92. The lowest BCUT2D eigenvalue weighted by Gasteiger charge is -2.13. The van der Waals surface area contributed by atoms with Gasteiger partial charge in [0.2, 0.25) is 0 Å². The summed E-state index contributed by atoms with van der Waals surface area (Å²) < 4.78 is 34.8. The Bertz CT molecular complexity index is 854. The van der Waals surface area contributed by atoms with Crippen molar-refractivity contribution in [1.29, 1.82) is 5.41 Å². The van der Waals surface area contributed by atoms with Crippen LogP contribution in [0, 0.1) is 11.2 Å². The number of aromatic nitrogens is 1. The van der Waals surface area contributed by atoms with Crippen molar-refractivity contribution in [2.24, 2.45) is 5.73 Å². The molecular formula is C14H13ClFN3O3S. The highest BCUT2D eigenvalue weighted by atomic mass is 35.5. The number of nitrogens with two attached hydrogens (primary N) is 1. The van der Waals surface area contributed by atoms with E-state index in [1.165, 1.54) is 35.0 Å². The number of carbonyl (C=O) groups is 1. The fourth-order valence-electron chi connectivity index (χ4n) is 2.12. The number of nitrogens with one attached hydrogen (secondary N) is 1. The van der Waals surface area contributed by atoms with Crippen molar-refractivity contribution in [3.05, 3.63) is 63.5 Å². The van der Waals surface area contributed by atoms with Crippen LogP contribution < -0.4 is 11.2 Å². The predicted octanol–water partition coefficient (Wildman–Crippen LogP) is 1.63. The maximum Gasteiger partial charge on any atom is 0.252 e. The predicted molar refractivity (Wildman–Crippen MR) is 83.8 cm³/mol. The van der Waals surface area contributed by atoms with Crippen LogP contribution in [-0.4, -0.2) is 19.2 Å². The lowest BCUT2D eigenvalue weighted by molar-refractivity contribution is 0.0997. The van der Waals surface area contributed by atoms with Gasteiger partial charge in [0.05, 0.1) is 16.3 Å². The van der Waals surface area contributed by atoms with Gasteiger partial charge in [0.1, 0.15) is 11.3 Å². The van der Waals surface area contributed by atoms with E-state index in [0.717, 1.165) is 0 Å². The van der Waals surface area contributed by atoms with Gasteiger partial charge in [-0.15, -0.1) is 0 Å². The Morgan fingerprint density at radius 3 is 2.70 bits per heavy atom. The van der Waals surface area contributed by atoms with Crippen LogP contribution in [-0.2, 0) is 23.4 Å². The molecule has 0 spiro atoms. The molecule has 1 aromatic heterocycles. The Labute approximate surface area is 138 Å². The van der Waals surface area contributed by atoms with Crippen molar-refractivity contribution in [1.82, 2.24) is 4.57 Å². The van der Waals surface area contributed by atoms with E-state index in [2.05, 4.69) is 0 Å². The summed E-state index contributed by atoms with van der Waals surface area (Å²) in [6.45, 7) is 0.00394. The molecule has 122 valence electrons. The fraction of sp³-hybridized carbons (Fsp3) is 0.143. The van der Waals surface area contributed by atoms with Crippen LogP contribution in [0.2, 0.25) is 5.02 Å². The molecule has 2 aromatic rings. The second-order valence-electron chi connectivity index (χ2n) is 4.79. The third-order valence-electron chi connectivity index (χ3n) is 3.16. The molecule has 6 nitrogen and oxygen atoms in total. The molecule has 0 aliphatic rings. The van der Waals surface area contributed by atoms with Crippen molar-refractivity contribution in [3.63, 3.8) is 0 Å². The second kappa shape index (κ2) is 7.03. The first-order valence-corrected chi connectivity index (χ1v) is 8.02. The molecule has 0 aliphatic heterocycles. The van der Waals surface area contributed by atoms with Gasteiger partial charge in [-0.1, -0.05) is 17.7 Å². The van der Waals surface area contributed by atoms with Crippen molar-refractivity contribution >= 4 is 28.6 Å². The molecule has 1 heterocycles. The molecule has 0 saturated heterocycles. The average Bonchev–Trinajstić information content (AvgIpc) is 2.44. The van der Waals surface area contributed by atoms with Crippen LogP contribution in [0.15, 0.2) is 30.5 Å². The summed E-state index contributed by atoms with van der Waals surface area (Å²) >= 11 is 3.82. The molecule has 1 amide bonds. The zero-order valence-electron chi connectivity index (χ0n) is 11.8. The molecule has 0 radical (unpaired) electrons. The topological polar surface area (TPSA) is 109 Å². The van der Waals surface area contributed by atoms with Gasteiger partial charge in [-0.3, -0.25) is 10.2 Å². The summed E-state index contributed by atoms with van der Waals surface area (Å²) in [5.41, 5.74) is 5.82. The van der Waals surface area contributed by atoms with Crippen LogP contribution in [0.4, 0.5) is 4.39 Å². The Hall–Kier alpha value is -2.03. The molecular weight excluding hydrogens is 345 g/mol. The smallest absolute Gasteiger partial charge is 0.252 e. The number of pyridine rings is 1. The van der Waals surface area contributed by atoms with Crippen molar-refractivity contribution in [3.8, 4) is 0 Å². The number of hydrogen-bond donors (Lipinski definition) is 3. The minimum atomic E-state index is -2.09. The molecule has 23 heavy (non-hydrogen) atoms. The van der Waals surface area contributed by atoms with E-state index in [4.69, 9.17) is 27.3 Å². The highest BCUT2D eigenvalue weighted by Crippen LogP contribution is 2.16. The standard InChI is InChI=1S/C14H13ClFN3O3S/c15-10-4-12(14(18)20)13(17)19(6-10)5-9-3-11(16)2-1-8(9)7-23(21)22/h1-4,6,17H,5,7H2,(H2,18,20)(H,21,22). The van der Waals surface area contributed by atoms with Gasteiger partial charge in [0, 0.05) is 12.7 Å². The van der Waals surface area contributed by atoms with E-state index in [0.29, 0.717) is 11.1 Å². The van der Waals surface area contributed by atoms with E-state index in [-0.39, 0.29) is 28.4 Å². The highest BCUT2D eigenvalue weighted by Gasteiger charge is 2.12. The van der Waals surface area contributed by atoms with Gasteiger partial charge >= 0.3 is 0 Å². The quantitative estimate of drug-likeness (QED) is 0.707. The summed E-state index contributed by atoms with van der Waals surface area (Å²) in [6.07, 6.45) is 1.40. The van der Waals surface area contributed by atoms with Gasteiger partial charge in [-0.05, 0) is 29.3 Å². The van der Waals surface area contributed by atoms with Crippen LogP contribution in [0.3, 0.4) is 0 Å². The number of amides is 1. The largest absolute Gasteiger partial charge is 0.365 e. The van der Waals surface area contributed by atoms with E-state index >= 15 is 0 Å². The first-order chi connectivity index (χ1) is 10.8. The van der Waals surface area contributed by atoms with E-state index in [1.807, 2.05) is 0 Å². The summed E-state index contributed by atoms with van der Waals surface area (Å²) in [6, 6.07) is 5.07. The number of nitrogens with zero attached hydrogens (tertiary/aromatic N) is 1.